The summed E-state index contributed by atoms with van der Waals surface area (Å²) in [7, 11) is 0. The number of hydrogen-bond donors (Lipinski definition) is 1. The molecule has 0 spiro atoms. The molecule has 21 heavy (non-hydrogen) atoms. The molecule has 1 atom stereocenters. The zero-order valence-corrected chi connectivity index (χ0v) is 13.5. The van der Waals surface area contributed by atoms with Crippen LogP contribution >= 0.6 is 0 Å². The van der Waals surface area contributed by atoms with Crippen LogP contribution in [0.4, 0.5) is 0 Å². The van der Waals surface area contributed by atoms with Crippen LogP contribution in [0, 0.1) is 5.92 Å². The molecule has 0 rings (SSSR count). The molecule has 0 aromatic carbocycles. The van der Waals surface area contributed by atoms with E-state index in [0.29, 0.717) is 5.92 Å². The van der Waals surface area contributed by atoms with E-state index in [-0.39, 0.29) is 6.42 Å². The maximum atomic E-state index is 10.3. The van der Waals surface area contributed by atoms with Crippen molar-refractivity contribution < 1.29 is 9.90 Å². The van der Waals surface area contributed by atoms with Crippen molar-refractivity contribution in [2.24, 2.45) is 5.92 Å². The third-order valence-electron chi connectivity index (χ3n) is 3.05. The summed E-state index contributed by atoms with van der Waals surface area (Å²) in [5.74, 6) is -0.127. The van der Waals surface area contributed by atoms with Crippen molar-refractivity contribution in [1.82, 2.24) is 0 Å². The van der Waals surface area contributed by atoms with Gasteiger partial charge in [-0.2, -0.15) is 0 Å². The number of carboxylic acid groups (broad SMARTS) is 1. The van der Waals surface area contributed by atoms with E-state index in [0.717, 1.165) is 38.5 Å². The molecule has 0 aliphatic carbocycles. The SMILES string of the molecule is CC/C=C\C=C\C(C)C/C=C\C/C=C\CCCCC(=O)O. The molecule has 0 aliphatic rings. The number of allylic oxidation sites excluding steroid dienone is 8. The number of rotatable bonds is 12. The van der Waals surface area contributed by atoms with Crippen molar-refractivity contribution in [2.75, 3.05) is 0 Å². The summed E-state index contributed by atoms with van der Waals surface area (Å²) in [6.07, 6.45) is 23.4. The second-order valence-electron chi connectivity index (χ2n) is 5.25. The van der Waals surface area contributed by atoms with Gasteiger partial charge in [0.1, 0.15) is 0 Å². The molecule has 0 heterocycles. The number of carboxylic acids is 1. The van der Waals surface area contributed by atoms with Crippen LogP contribution in [0.2, 0.25) is 0 Å². The first kappa shape index (κ1) is 19.4. The van der Waals surface area contributed by atoms with E-state index in [2.05, 4.69) is 62.5 Å². The Kier molecular flexibility index (Phi) is 13.7. The maximum Gasteiger partial charge on any atom is 0.303 e. The molecule has 0 radical (unpaired) electrons. The Morgan fingerprint density at radius 3 is 2.52 bits per heavy atom. The largest absolute Gasteiger partial charge is 0.481 e. The number of carbonyl (C=O) groups is 1. The normalized spacial score (nSPS) is 14.0. The molecule has 2 heteroatoms. The number of unbranched alkanes of at least 4 members (excludes halogenated alkanes) is 2. The molecule has 0 aromatic rings. The molecular formula is C19H30O2. The van der Waals surface area contributed by atoms with Gasteiger partial charge in [-0.05, 0) is 44.4 Å². The Bertz CT molecular complexity index is 362. The number of aliphatic carboxylic acids is 1. The van der Waals surface area contributed by atoms with Crippen LogP contribution in [0.15, 0.2) is 48.6 Å². The highest BCUT2D eigenvalue weighted by Crippen LogP contribution is 2.06. The lowest BCUT2D eigenvalue weighted by Crippen LogP contribution is -1.92. The van der Waals surface area contributed by atoms with Gasteiger partial charge in [0.25, 0.3) is 0 Å². The van der Waals surface area contributed by atoms with Crippen molar-refractivity contribution in [1.29, 1.82) is 0 Å². The Morgan fingerprint density at radius 2 is 1.81 bits per heavy atom. The summed E-state index contributed by atoms with van der Waals surface area (Å²) in [5, 5.41) is 8.50. The average Bonchev–Trinajstić information content (AvgIpc) is 2.45. The van der Waals surface area contributed by atoms with Crippen LogP contribution in [0.25, 0.3) is 0 Å². The molecule has 0 saturated heterocycles. The molecule has 0 aliphatic heterocycles. The second kappa shape index (κ2) is 14.8. The lowest BCUT2D eigenvalue weighted by atomic mass is 10.1. The van der Waals surface area contributed by atoms with Crippen LogP contribution < -0.4 is 0 Å². The highest BCUT2D eigenvalue weighted by Gasteiger charge is 1.94. The van der Waals surface area contributed by atoms with E-state index in [1.54, 1.807) is 0 Å². The highest BCUT2D eigenvalue weighted by molar-refractivity contribution is 5.66. The predicted molar refractivity (Wildman–Crippen MR) is 91.4 cm³/mol. The Hall–Kier alpha value is -1.57. The molecule has 118 valence electrons. The topological polar surface area (TPSA) is 37.3 Å². The minimum atomic E-state index is -0.699. The first-order valence-corrected chi connectivity index (χ1v) is 8.02. The fraction of sp³-hybridized carbons (Fsp3) is 0.526. The summed E-state index contributed by atoms with van der Waals surface area (Å²) in [6.45, 7) is 4.36. The summed E-state index contributed by atoms with van der Waals surface area (Å²) in [5.41, 5.74) is 0. The quantitative estimate of drug-likeness (QED) is 0.285. The third kappa shape index (κ3) is 16.4. The van der Waals surface area contributed by atoms with Crippen LogP contribution in [-0.4, -0.2) is 11.1 Å². The molecule has 0 aromatic heterocycles. The standard InChI is InChI=1S/C19H30O2/c1-3-4-5-12-15-18(2)16-13-10-8-6-7-9-11-14-17-19(20)21/h4-7,10,12-13,15,18H,3,8-9,11,14,16-17H2,1-2H3,(H,20,21)/b5-4-,7-6-,13-10-,15-12+. The molecule has 0 fully saturated rings. The monoisotopic (exact) mass is 290 g/mol. The predicted octanol–water partition coefficient (Wildman–Crippen LogP) is 5.68. The Balaban J connectivity index is 3.56. The van der Waals surface area contributed by atoms with Gasteiger partial charge >= 0.3 is 5.97 Å². The Labute approximate surface area is 130 Å². The first-order valence-electron chi connectivity index (χ1n) is 8.02. The minimum absolute atomic E-state index is 0.284. The van der Waals surface area contributed by atoms with Gasteiger partial charge in [0.2, 0.25) is 0 Å². The van der Waals surface area contributed by atoms with Gasteiger partial charge in [0.05, 0.1) is 0 Å². The fourth-order valence-electron chi connectivity index (χ4n) is 1.79. The van der Waals surface area contributed by atoms with Gasteiger partial charge in [-0.15, -0.1) is 0 Å². The average molecular weight is 290 g/mol. The molecule has 2 nitrogen and oxygen atoms in total. The molecule has 1 N–H and O–H groups in total. The maximum absolute atomic E-state index is 10.3. The van der Waals surface area contributed by atoms with E-state index < -0.39 is 5.97 Å². The lowest BCUT2D eigenvalue weighted by Gasteiger charge is -1.99. The lowest BCUT2D eigenvalue weighted by molar-refractivity contribution is -0.137. The minimum Gasteiger partial charge on any atom is -0.481 e. The molecular weight excluding hydrogens is 260 g/mol. The van der Waals surface area contributed by atoms with Gasteiger partial charge in [0.15, 0.2) is 0 Å². The molecule has 0 amide bonds. The van der Waals surface area contributed by atoms with Crippen molar-refractivity contribution in [3.8, 4) is 0 Å². The van der Waals surface area contributed by atoms with Gasteiger partial charge in [-0.3, -0.25) is 4.79 Å². The van der Waals surface area contributed by atoms with Crippen LogP contribution in [0.5, 0.6) is 0 Å². The van der Waals surface area contributed by atoms with Gasteiger partial charge in [-0.1, -0.05) is 62.5 Å². The van der Waals surface area contributed by atoms with Crippen LogP contribution in [-0.2, 0) is 4.79 Å². The highest BCUT2D eigenvalue weighted by atomic mass is 16.4. The zero-order valence-electron chi connectivity index (χ0n) is 13.5. The summed E-state index contributed by atoms with van der Waals surface area (Å²) >= 11 is 0. The van der Waals surface area contributed by atoms with Crippen molar-refractivity contribution in [3.05, 3.63) is 48.6 Å². The van der Waals surface area contributed by atoms with Gasteiger partial charge in [-0.25, -0.2) is 0 Å². The van der Waals surface area contributed by atoms with Crippen molar-refractivity contribution in [2.45, 2.75) is 58.8 Å². The van der Waals surface area contributed by atoms with Crippen molar-refractivity contribution >= 4 is 5.97 Å². The fourth-order valence-corrected chi connectivity index (χ4v) is 1.79. The van der Waals surface area contributed by atoms with Crippen molar-refractivity contribution in [3.63, 3.8) is 0 Å². The van der Waals surface area contributed by atoms with E-state index in [9.17, 15) is 4.79 Å². The van der Waals surface area contributed by atoms with Crippen LogP contribution in [0.1, 0.15) is 58.8 Å². The third-order valence-corrected chi connectivity index (χ3v) is 3.05. The summed E-state index contributed by atoms with van der Waals surface area (Å²) < 4.78 is 0. The summed E-state index contributed by atoms with van der Waals surface area (Å²) in [6, 6.07) is 0. The number of hydrogen-bond acceptors (Lipinski definition) is 1. The first-order chi connectivity index (χ1) is 10.2. The smallest absolute Gasteiger partial charge is 0.303 e. The van der Waals surface area contributed by atoms with E-state index in [4.69, 9.17) is 5.11 Å². The zero-order chi connectivity index (χ0) is 15.8. The molecule has 0 bridgehead atoms. The Morgan fingerprint density at radius 1 is 1.05 bits per heavy atom. The van der Waals surface area contributed by atoms with E-state index in [1.807, 2.05) is 0 Å². The van der Waals surface area contributed by atoms with Gasteiger partial charge < -0.3 is 5.11 Å². The van der Waals surface area contributed by atoms with E-state index >= 15 is 0 Å². The molecule has 1 unspecified atom stereocenters. The van der Waals surface area contributed by atoms with E-state index in [1.165, 1.54) is 0 Å². The molecule has 0 saturated carbocycles. The van der Waals surface area contributed by atoms with Gasteiger partial charge in [0, 0.05) is 6.42 Å². The second-order valence-corrected chi connectivity index (χ2v) is 5.25. The summed E-state index contributed by atoms with van der Waals surface area (Å²) in [4.78, 5) is 10.3. The van der Waals surface area contributed by atoms with Crippen LogP contribution in [0.3, 0.4) is 0 Å².